The lowest BCUT2D eigenvalue weighted by molar-refractivity contribution is 0.468. The molecular formula is C12H9BrCl3NO2S2. The van der Waals surface area contributed by atoms with Gasteiger partial charge in [0.05, 0.1) is 8.81 Å². The van der Waals surface area contributed by atoms with Crippen molar-refractivity contribution in [3.05, 3.63) is 48.7 Å². The first-order chi connectivity index (χ1) is 9.71. The lowest BCUT2D eigenvalue weighted by Crippen LogP contribution is -2.25. The van der Waals surface area contributed by atoms with Crippen molar-refractivity contribution >= 4 is 72.1 Å². The van der Waals surface area contributed by atoms with Crippen molar-refractivity contribution in [2.24, 2.45) is 0 Å². The van der Waals surface area contributed by atoms with E-state index in [-0.39, 0.29) is 10.8 Å². The summed E-state index contributed by atoms with van der Waals surface area (Å²) in [5.74, 6) is 0. The number of rotatable bonds is 4. The highest BCUT2D eigenvalue weighted by Crippen LogP contribution is 2.36. The molecule has 0 spiro atoms. The molecule has 1 heterocycles. The quantitative estimate of drug-likeness (QED) is 0.636. The van der Waals surface area contributed by atoms with Crippen LogP contribution < -0.4 is 0 Å². The number of hydrogen-bond acceptors (Lipinski definition) is 3. The Balaban J connectivity index is 2.28. The second kappa shape index (κ2) is 6.74. The minimum Gasteiger partial charge on any atom is -0.206 e. The molecule has 2 aromatic rings. The summed E-state index contributed by atoms with van der Waals surface area (Å²) in [5.41, 5.74) is 0.675. The molecule has 1 aromatic carbocycles. The van der Waals surface area contributed by atoms with E-state index < -0.39 is 10.0 Å². The number of hydrogen-bond donors (Lipinski definition) is 0. The van der Waals surface area contributed by atoms with Crippen molar-refractivity contribution in [1.29, 1.82) is 0 Å². The second-order valence-electron chi connectivity index (χ2n) is 4.18. The molecule has 0 saturated carbocycles. The number of thiophene rings is 1. The second-order valence-corrected chi connectivity index (χ2v) is 10.1. The molecule has 0 unspecified atom stereocenters. The molecule has 0 N–H and O–H groups in total. The average Bonchev–Trinajstić information content (AvgIpc) is 2.73. The molecule has 3 nitrogen and oxygen atoms in total. The molecule has 114 valence electrons. The summed E-state index contributed by atoms with van der Waals surface area (Å²) in [6.07, 6.45) is 0. The van der Waals surface area contributed by atoms with Gasteiger partial charge in [0, 0.05) is 23.6 Å². The van der Waals surface area contributed by atoms with E-state index >= 15 is 0 Å². The van der Waals surface area contributed by atoms with Gasteiger partial charge in [-0.2, -0.15) is 4.31 Å². The van der Waals surface area contributed by atoms with Crippen LogP contribution in [-0.4, -0.2) is 19.8 Å². The summed E-state index contributed by atoms with van der Waals surface area (Å²) in [5, 5.41) is 1.30. The van der Waals surface area contributed by atoms with Gasteiger partial charge >= 0.3 is 0 Å². The topological polar surface area (TPSA) is 37.4 Å². The van der Waals surface area contributed by atoms with Crippen LogP contribution in [0.25, 0.3) is 0 Å². The Kier molecular flexibility index (Phi) is 5.63. The van der Waals surface area contributed by atoms with Gasteiger partial charge in [-0.3, -0.25) is 0 Å². The maximum absolute atomic E-state index is 12.5. The Morgan fingerprint density at radius 3 is 2.38 bits per heavy atom. The molecule has 0 aliphatic carbocycles. The zero-order valence-electron chi connectivity index (χ0n) is 10.6. The third kappa shape index (κ3) is 3.93. The Morgan fingerprint density at radius 2 is 1.86 bits per heavy atom. The molecule has 0 fully saturated rings. The SMILES string of the molecule is CN(Cc1ccc(Cl)cc1Cl)S(=O)(=O)c1cc(Cl)c(Br)s1. The van der Waals surface area contributed by atoms with Crippen LogP contribution in [0.4, 0.5) is 0 Å². The Hall–Kier alpha value is 0.180. The molecule has 0 bridgehead atoms. The normalized spacial score (nSPS) is 12.1. The van der Waals surface area contributed by atoms with Crippen molar-refractivity contribution in [3.63, 3.8) is 0 Å². The predicted octanol–water partition coefficient (Wildman–Crippen LogP) is 5.29. The summed E-state index contributed by atoms with van der Waals surface area (Å²) in [4.78, 5) is 0. The first-order valence-corrected chi connectivity index (χ1v) is 9.75. The molecule has 9 heteroatoms. The van der Waals surface area contributed by atoms with E-state index in [1.807, 2.05) is 0 Å². The highest BCUT2D eigenvalue weighted by Gasteiger charge is 2.25. The summed E-state index contributed by atoms with van der Waals surface area (Å²) in [7, 11) is -2.13. The first kappa shape index (κ1) is 17.5. The lowest BCUT2D eigenvalue weighted by Gasteiger charge is -2.17. The monoisotopic (exact) mass is 447 g/mol. The fourth-order valence-corrected chi connectivity index (χ4v) is 5.81. The van der Waals surface area contributed by atoms with Crippen molar-refractivity contribution in [2.45, 2.75) is 10.8 Å². The largest absolute Gasteiger partial charge is 0.252 e. The molecule has 2 rings (SSSR count). The minimum absolute atomic E-state index is 0.144. The van der Waals surface area contributed by atoms with E-state index in [2.05, 4.69) is 15.9 Å². The van der Waals surface area contributed by atoms with Crippen LogP contribution in [-0.2, 0) is 16.6 Å². The van der Waals surface area contributed by atoms with Crippen molar-refractivity contribution < 1.29 is 8.42 Å². The van der Waals surface area contributed by atoms with Crippen LogP contribution in [0.5, 0.6) is 0 Å². The van der Waals surface area contributed by atoms with Crippen LogP contribution in [0, 0.1) is 0 Å². The molecule has 0 atom stereocenters. The van der Waals surface area contributed by atoms with Gasteiger partial charge in [0.1, 0.15) is 4.21 Å². The van der Waals surface area contributed by atoms with Gasteiger partial charge in [-0.05, 0) is 39.7 Å². The summed E-state index contributed by atoms with van der Waals surface area (Å²) >= 11 is 22.1. The van der Waals surface area contributed by atoms with Crippen LogP contribution in [0.2, 0.25) is 15.1 Å². The summed E-state index contributed by atoms with van der Waals surface area (Å²) in [6, 6.07) is 6.37. The zero-order chi connectivity index (χ0) is 15.8. The number of halogens is 4. The van der Waals surface area contributed by atoms with Gasteiger partial charge in [0.2, 0.25) is 0 Å². The molecule has 0 aliphatic rings. The van der Waals surface area contributed by atoms with Crippen LogP contribution in [0.15, 0.2) is 32.3 Å². The van der Waals surface area contributed by atoms with Gasteiger partial charge in [0.25, 0.3) is 10.0 Å². The first-order valence-electron chi connectivity index (χ1n) is 5.57. The highest BCUT2D eigenvalue weighted by atomic mass is 79.9. The summed E-state index contributed by atoms with van der Waals surface area (Å²) in [6.45, 7) is 0.144. The lowest BCUT2D eigenvalue weighted by atomic mass is 10.2. The van der Waals surface area contributed by atoms with Gasteiger partial charge in [-0.1, -0.05) is 40.9 Å². The Morgan fingerprint density at radius 1 is 1.19 bits per heavy atom. The van der Waals surface area contributed by atoms with E-state index in [1.165, 1.54) is 17.4 Å². The van der Waals surface area contributed by atoms with E-state index in [9.17, 15) is 8.42 Å². The molecule has 0 radical (unpaired) electrons. The van der Waals surface area contributed by atoms with Crippen LogP contribution >= 0.6 is 62.1 Å². The Labute approximate surface area is 150 Å². The fourth-order valence-electron chi connectivity index (χ4n) is 1.58. The van der Waals surface area contributed by atoms with E-state index in [4.69, 9.17) is 34.8 Å². The molecule has 0 saturated heterocycles. The summed E-state index contributed by atoms with van der Waals surface area (Å²) < 4.78 is 26.9. The number of nitrogens with zero attached hydrogens (tertiary/aromatic N) is 1. The van der Waals surface area contributed by atoms with Crippen LogP contribution in [0.1, 0.15) is 5.56 Å². The molecule has 1 aromatic heterocycles. The van der Waals surface area contributed by atoms with Crippen molar-refractivity contribution in [3.8, 4) is 0 Å². The van der Waals surface area contributed by atoms with E-state index in [0.29, 0.717) is 24.4 Å². The maximum Gasteiger partial charge on any atom is 0.252 e. The third-order valence-corrected chi connectivity index (χ3v) is 8.01. The number of benzene rings is 1. The van der Waals surface area contributed by atoms with Crippen molar-refractivity contribution in [2.75, 3.05) is 7.05 Å². The number of sulfonamides is 1. The Bertz CT molecular complexity index is 757. The van der Waals surface area contributed by atoms with E-state index in [1.54, 1.807) is 18.2 Å². The molecule has 21 heavy (non-hydrogen) atoms. The van der Waals surface area contributed by atoms with Gasteiger partial charge < -0.3 is 0 Å². The van der Waals surface area contributed by atoms with Gasteiger partial charge in [-0.25, -0.2) is 8.42 Å². The van der Waals surface area contributed by atoms with Gasteiger partial charge in [0.15, 0.2) is 0 Å². The van der Waals surface area contributed by atoms with Crippen LogP contribution in [0.3, 0.4) is 0 Å². The maximum atomic E-state index is 12.5. The third-order valence-electron chi connectivity index (χ3n) is 2.70. The smallest absolute Gasteiger partial charge is 0.206 e. The predicted molar refractivity (Wildman–Crippen MR) is 92.1 cm³/mol. The van der Waals surface area contributed by atoms with Crippen molar-refractivity contribution in [1.82, 2.24) is 4.31 Å². The zero-order valence-corrected chi connectivity index (χ0v) is 16.1. The standard InChI is InChI=1S/C12H9BrCl3NO2S2/c1-17(6-7-2-3-8(14)4-9(7)15)21(18,19)11-5-10(16)12(13)20-11/h2-5H,6H2,1H3. The molecule has 0 aliphatic heterocycles. The fraction of sp³-hybridized carbons (Fsp3) is 0.167. The molecular weight excluding hydrogens is 441 g/mol. The average molecular weight is 450 g/mol. The minimum atomic E-state index is -3.62. The van der Waals surface area contributed by atoms with Gasteiger partial charge in [-0.15, -0.1) is 11.3 Å². The van der Waals surface area contributed by atoms with E-state index in [0.717, 1.165) is 11.3 Å². The molecule has 0 amide bonds. The highest BCUT2D eigenvalue weighted by molar-refractivity contribution is 9.11.